The minimum Gasteiger partial charge on any atom is -0.369 e. The molecule has 1 aliphatic heterocycles. The average molecular weight is 272 g/mol. The van der Waals surface area contributed by atoms with E-state index in [-0.39, 0.29) is 0 Å². The number of para-hydroxylation sites is 1. The molecule has 20 heavy (non-hydrogen) atoms. The topological polar surface area (TPSA) is 15.3 Å². The summed E-state index contributed by atoms with van der Waals surface area (Å²) in [5.74, 6) is 1.67. The zero-order valence-corrected chi connectivity index (χ0v) is 12.9. The Balaban J connectivity index is 1.81. The van der Waals surface area contributed by atoms with Crippen LogP contribution < -0.4 is 10.2 Å². The summed E-state index contributed by atoms with van der Waals surface area (Å²) in [6.45, 7) is 8.14. The third kappa shape index (κ3) is 2.85. The second-order valence-electron chi connectivity index (χ2n) is 6.70. The summed E-state index contributed by atoms with van der Waals surface area (Å²) in [6.07, 6.45) is 5.55. The molecule has 1 aliphatic carbocycles. The van der Waals surface area contributed by atoms with Crippen molar-refractivity contribution in [3.8, 4) is 0 Å². The molecule has 1 saturated carbocycles. The summed E-state index contributed by atoms with van der Waals surface area (Å²) in [4.78, 5) is 2.66. The van der Waals surface area contributed by atoms with Crippen LogP contribution in [0.1, 0.15) is 45.1 Å². The zero-order chi connectivity index (χ0) is 13.9. The quantitative estimate of drug-likeness (QED) is 0.896. The lowest BCUT2D eigenvalue weighted by Gasteiger charge is -2.36. The van der Waals surface area contributed by atoms with Gasteiger partial charge in [0.15, 0.2) is 0 Å². The molecule has 2 aliphatic rings. The summed E-state index contributed by atoms with van der Waals surface area (Å²) in [5, 5.41) is 3.79. The van der Waals surface area contributed by atoms with Crippen molar-refractivity contribution < 1.29 is 0 Å². The number of hydrogen-bond acceptors (Lipinski definition) is 2. The molecular formula is C18H28N2. The van der Waals surface area contributed by atoms with E-state index in [1.54, 1.807) is 0 Å². The van der Waals surface area contributed by atoms with E-state index in [0.717, 1.165) is 18.4 Å². The van der Waals surface area contributed by atoms with E-state index in [9.17, 15) is 0 Å². The highest BCUT2D eigenvalue weighted by Gasteiger charge is 2.27. The van der Waals surface area contributed by atoms with Gasteiger partial charge in [-0.15, -0.1) is 0 Å². The number of anilines is 1. The van der Waals surface area contributed by atoms with Gasteiger partial charge in [-0.3, -0.25) is 0 Å². The van der Waals surface area contributed by atoms with E-state index < -0.39 is 0 Å². The molecule has 0 spiro atoms. The third-order valence-corrected chi connectivity index (χ3v) is 5.34. The highest BCUT2D eigenvalue weighted by molar-refractivity contribution is 5.54. The van der Waals surface area contributed by atoms with Crippen LogP contribution in [0.15, 0.2) is 24.3 Å². The predicted octanol–water partition coefficient (Wildman–Crippen LogP) is 3.81. The van der Waals surface area contributed by atoms with Gasteiger partial charge in [0.2, 0.25) is 0 Å². The Kier molecular flexibility index (Phi) is 4.30. The molecule has 2 nitrogen and oxygen atoms in total. The number of hydrogen-bond donors (Lipinski definition) is 1. The smallest absolute Gasteiger partial charge is 0.0412 e. The van der Waals surface area contributed by atoms with Gasteiger partial charge in [-0.05, 0) is 36.3 Å². The monoisotopic (exact) mass is 272 g/mol. The largest absolute Gasteiger partial charge is 0.369 e. The molecule has 1 aromatic carbocycles. The van der Waals surface area contributed by atoms with Crippen LogP contribution in [0.4, 0.5) is 5.69 Å². The van der Waals surface area contributed by atoms with Crippen LogP contribution in [0.2, 0.25) is 0 Å². The molecule has 0 saturated heterocycles. The van der Waals surface area contributed by atoms with E-state index in [2.05, 4.69) is 48.3 Å². The summed E-state index contributed by atoms with van der Waals surface area (Å²) in [6, 6.07) is 9.58. The number of fused-ring (bicyclic) bond motifs is 1. The van der Waals surface area contributed by atoms with Gasteiger partial charge in [0.1, 0.15) is 0 Å². The first-order chi connectivity index (χ1) is 9.78. The molecule has 2 heteroatoms. The van der Waals surface area contributed by atoms with E-state index in [1.807, 2.05) is 0 Å². The maximum atomic E-state index is 3.79. The van der Waals surface area contributed by atoms with Crippen LogP contribution in [-0.2, 0) is 6.54 Å². The summed E-state index contributed by atoms with van der Waals surface area (Å²) in [7, 11) is 0. The minimum absolute atomic E-state index is 0.618. The van der Waals surface area contributed by atoms with Crippen LogP contribution in [0.25, 0.3) is 0 Å². The van der Waals surface area contributed by atoms with E-state index in [1.165, 1.54) is 50.0 Å². The van der Waals surface area contributed by atoms with Crippen LogP contribution >= 0.6 is 0 Å². The fourth-order valence-electron chi connectivity index (χ4n) is 3.44. The van der Waals surface area contributed by atoms with Gasteiger partial charge in [-0.2, -0.15) is 0 Å². The summed E-state index contributed by atoms with van der Waals surface area (Å²) >= 11 is 0. The Morgan fingerprint density at radius 2 is 2.10 bits per heavy atom. The molecule has 0 radical (unpaired) electrons. The Morgan fingerprint density at radius 3 is 2.80 bits per heavy atom. The molecule has 1 heterocycles. The van der Waals surface area contributed by atoms with Crippen molar-refractivity contribution in [3.63, 3.8) is 0 Å². The van der Waals surface area contributed by atoms with Crippen LogP contribution in [0.3, 0.4) is 0 Å². The average Bonchev–Trinajstić information content (AvgIpc) is 2.62. The maximum Gasteiger partial charge on any atom is 0.0412 e. The SMILES string of the molecule is CCC(C)C1CN(CC2CCC2)c2ccccc2CN1. The summed E-state index contributed by atoms with van der Waals surface area (Å²) < 4.78 is 0. The Hall–Kier alpha value is -1.02. The molecule has 110 valence electrons. The molecule has 0 amide bonds. The van der Waals surface area contributed by atoms with Crippen molar-refractivity contribution >= 4 is 5.69 Å². The van der Waals surface area contributed by atoms with Crippen molar-refractivity contribution in [1.82, 2.24) is 5.32 Å². The molecule has 0 aromatic heterocycles. The molecule has 1 fully saturated rings. The van der Waals surface area contributed by atoms with E-state index >= 15 is 0 Å². The van der Waals surface area contributed by atoms with Gasteiger partial charge in [0, 0.05) is 31.4 Å². The molecule has 2 unspecified atom stereocenters. The summed E-state index contributed by atoms with van der Waals surface area (Å²) in [5.41, 5.74) is 2.94. The number of benzene rings is 1. The second-order valence-corrected chi connectivity index (χ2v) is 6.70. The fraction of sp³-hybridized carbons (Fsp3) is 0.667. The first-order valence-electron chi connectivity index (χ1n) is 8.34. The van der Waals surface area contributed by atoms with Crippen molar-refractivity contribution in [2.24, 2.45) is 11.8 Å². The van der Waals surface area contributed by atoms with Crippen molar-refractivity contribution in [1.29, 1.82) is 0 Å². The second kappa shape index (κ2) is 6.17. The minimum atomic E-state index is 0.618. The van der Waals surface area contributed by atoms with Crippen molar-refractivity contribution in [2.75, 3.05) is 18.0 Å². The molecular weight excluding hydrogens is 244 g/mol. The first-order valence-corrected chi connectivity index (χ1v) is 8.34. The lowest BCUT2D eigenvalue weighted by atomic mass is 9.84. The molecule has 3 rings (SSSR count). The molecule has 1 N–H and O–H groups in total. The van der Waals surface area contributed by atoms with Crippen molar-refractivity contribution in [2.45, 2.75) is 52.1 Å². The molecule has 1 aromatic rings. The predicted molar refractivity (Wildman–Crippen MR) is 86.1 cm³/mol. The number of rotatable bonds is 4. The maximum absolute atomic E-state index is 3.79. The lowest BCUT2D eigenvalue weighted by molar-refractivity contribution is 0.306. The van der Waals surface area contributed by atoms with E-state index in [0.29, 0.717) is 6.04 Å². The fourth-order valence-corrected chi connectivity index (χ4v) is 3.44. The molecule has 2 atom stereocenters. The Bertz CT molecular complexity index is 439. The van der Waals surface area contributed by atoms with Crippen LogP contribution in [0.5, 0.6) is 0 Å². The van der Waals surface area contributed by atoms with Crippen molar-refractivity contribution in [3.05, 3.63) is 29.8 Å². The lowest BCUT2D eigenvalue weighted by Crippen LogP contribution is -2.44. The van der Waals surface area contributed by atoms with Crippen LogP contribution in [0, 0.1) is 11.8 Å². The zero-order valence-electron chi connectivity index (χ0n) is 12.9. The van der Waals surface area contributed by atoms with Crippen LogP contribution in [-0.4, -0.2) is 19.1 Å². The number of nitrogens with zero attached hydrogens (tertiary/aromatic N) is 1. The first kappa shape index (κ1) is 13.9. The standard InChI is InChI=1S/C18H28N2/c1-3-14(2)17-13-20(12-15-7-6-8-15)18-10-5-4-9-16(18)11-19-17/h4-5,9-10,14-15,17,19H,3,6-8,11-13H2,1-2H3. The van der Waals surface area contributed by atoms with Gasteiger partial charge in [0.25, 0.3) is 0 Å². The highest BCUT2D eigenvalue weighted by atomic mass is 15.2. The van der Waals surface area contributed by atoms with Gasteiger partial charge < -0.3 is 10.2 Å². The van der Waals surface area contributed by atoms with Gasteiger partial charge >= 0.3 is 0 Å². The van der Waals surface area contributed by atoms with Gasteiger partial charge in [-0.25, -0.2) is 0 Å². The molecule has 0 bridgehead atoms. The normalized spacial score (nSPS) is 24.7. The van der Waals surface area contributed by atoms with Gasteiger partial charge in [0.05, 0.1) is 0 Å². The highest BCUT2D eigenvalue weighted by Crippen LogP contribution is 2.32. The van der Waals surface area contributed by atoms with E-state index in [4.69, 9.17) is 0 Å². The van der Waals surface area contributed by atoms with Gasteiger partial charge in [-0.1, -0.05) is 44.9 Å². The third-order valence-electron chi connectivity index (χ3n) is 5.34. The number of nitrogens with one attached hydrogen (secondary N) is 1. The Labute approximate surface area is 123 Å². The Morgan fingerprint density at radius 1 is 1.30 bits per heavy atom.